The van der Waals surface area contributed by atoms with Gasteiger partial charge in [-0.15, -0.1) is 11.3 Å². The van der Waals surface area contributed by atoms with Crippen molar-refractivity contribution >= 4 is 28.3 Å². The number of hydrogen-bond acceptors (Lipinski definition) is 6. The number of aromatic nitrogens is 1. The maximum atomic E-state index is 12.8. The first kappa shape index (κ1) is 21.6. The molecule has 2 aliphatic carbocycles. The van der Waals surface area contributed by atoms with Crippen LogP contribution in [0.5, 0.6) is 11.5 Å². The van der Waals surface area contributed by atoms with Crippen LogP contribution >= 0.6 is 11.3 Å². The number of benzene rings is 1. The maximum Gasteiger partial charge on any atom is 0.257 e. The van der Waals surface area contributed by atoms with Crippen LogP contribution < -0.4 is 20.1 Å². The predicted molar refractivity (Wildman–Crippen MR) is 120 cm³/mol. The van der Waals surface area contributed by atoms with E-state index in [9.17, 15) is 9.59 Å². The topological polar surface area (TPSA) is 89.6 Å². The molecule has 31 heavy (non-hydrogen) atoms. The Morgan fingerprint density at radius 3 is 2.45 bits per heavy atom. The number of hydrogen-bond donors (Lipinski definition) is 2. The number of fused-ring (bicyclic) bond motifs is 1. The van der Waals surface area contributed by atoms with E-state index in [1.807, 2.05) is 0 Å². The molecule has 7 nitrogen and oxygen atoms in total. The summed E-state index contributed by atoms with van der Waals surface area (Å²) in [5.41, 5.74) is 1.23. The number of anilines is 1. The second-order valence-electron chi connectivity index (χ2n) is 8.22. The van der Waals surface area contributed by atoms with Crippen molar-refractivity contribution in [3.63, 3.8) is 0 Å². The molecule has 2 amide bonds. The van der Waals surface area contributed by atoms with Gasteiger partial charge in [0.15, 0.2) is 5.13 Å². The second-order valence-corrected chi connectivity index (χ2v) is 9.31. The van der Waals surface area contributed by atoms with Gasteiger partial charge in [0.1, 0.15) is 11.5 Å². The molecule has 2 aromatic rings. The summed E-state index contributed by atoms with van der Waals surface area (Å²) in [6.07, 6.45) is 7.86. The first-order valence-electron chi connectivity index (χ1n) is 10.9. The summed E-state index contributed by atoms with van der Waals surface area (Å²) in [6.45, 7) is 0.760. The molecule has 0 spiro atoms. The minimum Gasteiger partial charge on any atom is -0.497 e. The van der Waals surface area contributed by atoms with Crippen LogP contribution in [0.1, 0.15) is 65.4 Å². The summed E-state index contributed by atoms with van der Waals surface area (Å²) in [6, 6.07) is 5.02. The van der Waals surface area contributed by atoms with Crippen molar-refractivity contribution in [2.45, 2.75) is 50.9 Å². The lowest BCUT2D eigenvalue weighted by Crippen LogP contribution is -2.33. The third-order valence-electron chi connectivity index (χ3n) is 6.16. The van der Waals surface area contributed by atoms with Crippen LogP contribution in [-0.2, 0) is 11.2 Å². The van der Waals surface area contributed by atoms with Crippen molar-refractivity contribution in [3.05, 3.63) is 34.3 Å². The normalized spacial score (nSPS) is 18.3. The van der Waals surface area contributed by atoms with E-state index < -0.39 is 0 Å². The van der Waals surface area contributed by atoms with Gasteiger partial charge in [-0.05, 0) is 43.7 Å². The summed E-state index contributed by atoms with van der Waals surface area (Å²) in [5.74, 6) is 1.23. The SMILES string of the molecule is COc1cc(OC)cc(C(=O)Nc2nc3c(s2)CCC3C(=O)NCC2CCCCC2)c1. The largest absolute Gasteiger partial charge is 0.497 e. The standard InChI is InChI=1S/C23H29N3O4S/c1-29-16-10-15(11-17(12-16)30-2)21(27)26-23-25-20-18(8-9-19(20)31-23)22(28)24-13-14-6-4-3-5-7-14/h10-12,14,18H,3-9,13H2,1-2H3,(H,24,28)(H,25,26,27). The van der Waals surface area contributed by atoms with E-state index in [1.165, 1.54) is 43.4 Å². The molecule has 1 heterocycles. The average Bonchev–Trinajstić information content (AvgIpc) is 3.37. The Morgan fingerprint density at radius 1 is 1.06 bits per heavy atom. The molecule has 2 aliphatic rings. The summed E-state index contributed by atoms with van der Waals surface area (Å²) in [4.78, 5) is 31.2. The molecule has 1 saturated carbocycles. The monoisotopic (exact) mass is 443 g/mol. The van der Waals surface area contributed by atoms with Gasteiger partial charge >= 0.3 is 0 Å². The highest BCUT2D eigenvalue weighted by molar-refractivity contribution is 7.16. The van der Waals surface area contributed by atoms with Gasteiger partial charge in [-0.25, -0.2) is 4.98 Å². The Morgan fingerprint density at radius 2 is 1.77 bits per heavy atom. The molecule has 2 N–H and O–H groups in total. The molecule has 0 radical (unpaired) electrons. The molecule has 0 saturated heterocycles. The third-order valence-corrected chi connectivity index (χ3v) is 7.20. The zero-order valence-corrected chi connectivity index (χ0v) is 18.8. The summed E-state index contributed by atoms with van der Waals surface area (Å²) in [7, 11) is 3.09. The molecule has 8 heteroatoms. The van der Waals surface area contributed by atoms with Crippen molar-refractivity contribution in [3.8, 4) is 11.5 Å². The summed E-state index contributed by atoms with van der Waals surface area (Å²) in [5, 5.41) is 6.52. The van der Waals surface area contributed by atoms with Crippen molar-refractivity contribution < 1.29 is 19.1 Å². The number of aryl methyl sites for hydroxylation is 1. The summed E-state index contributed by atoms with van der Waals surface area (Å²) < 4.78 is 10.5. The molecule has 1 aromatic carbocycles. The zero-order valence-electron chi connectivity index (χ0n) is 18.0. The van der Waals surface area contributed by atoms with Crippen molar-refractivity contribution in [2.24, 2.45) is 5.92 Å². The molecule has 1 aromatic heterocycles. The smallest absolute Gasteiger partial charge is 0.257 e. The van der Waals surface area contributed by atoms with Gasteiger partial charge < -0.3 is 14.8 Å². The lowest BCUT2D eigenvalue weighted by Gasteiger charge is -2.22. The molecular weight excluding hydrogens is 414 g/mol. The first-order chi connectivity index (χ1) is 15.1. The highest BCUT2D eigenvalue weighted by Crippen LogP contribution is 2.38. The van der Waals surface area contributed by atoms with Gasteiger partial charge in [-0.3, -0.25) is 14.9 Å². The van der Waals surface area contributed by atoms with Gasteiger partial charge in [-0.1, -0.05) is 19.3 Å². The molecule has 1 atom stereocenters. The van der Waals surface area contributed by atoms with Gasteiger partial charge in [0.2, 0.25) is 5.91 Å². The minimum atomic E-state index is -0.289. The van der Waals surface area contributed by atoms with Crippen molar-refractivity contribution in [1.29, 1.82) is 0 Å². The number of methoxy groups -OCH3 is 2. The van der Waals surface area contributed by atoms with E-state index in [0.29, 0.717) is 28.1 Å². The van der Waals surface area contributed by atoms with E-state index in [-0.39, 0.29) is 17.7 Å². The molecule has 1 fully saturated rings. The number of ether oxygens (including phenoxy) is 2. The lowest BCUT2D eigenvalue weighted by molar-refractivity contribution is -0.122. The van der Waals surface area contributed by atoms with Crippen LogP contribution in [0, 0.1) is 5.92 Å². The highest BCUT2D eigenvalue weighted by atomic mass is 32.1. The Labute approximate surface area is 186 Å². The molecular formula is C23H29N3O4S. The van der Waals surface area contributed by atoms with Gasteiger partial charge in [0, 0.05) is 23.1 Å². The number of thiazole rings is 1. The van der Waals surface area contributed by atoms with Crippen molar-refractivity contribution in [2.75, 3.05) is 26.1 Å². The zero-order chi connectivity index (χ0) is 21.8. The van der Waals surface area contributed by atoms with Crippen molar-refractivity contribution in [1.82, 2.24) is 10.3 Å². The van der Waals surface area contributed by atoms with Gasteiger partial charge in [0.25, 0.3) is 5.91 Å². The third kappa shape index (κ3) is 5.01. The Bertz CT molecular complexity index is 930. The molecule has 0 aliphatic heterocycles. The fourth-order valence-corrected chi connectivity index (χ4v) is 5.44. The van der Waals surface area contributed by atoms with E-state index in [4.69, 9.17) is 9.47 Å². The van der Waals surface area contributed by atoms with Crippen LogP contribution in [0.15, 0.2) is 18.2 Å². The number of carbonyl (C=O) groups is 2. The number of rotatable bonds is 7. The van der Waals surface area contributed by atoms with E-state index in [1.54, 1.807) is 32.4 Å². The molecule has 4 rings (SSSR count). The first-order valence-corrected chi connectivity index (χ1v) is 11.7. The lowest BCUT2D eigenvalue weighted by atomic mass is 9.89. The molecule has 1 unspecified atom stereocenters. The fourth-order valence-electron chi connectivity index (χ4n) is 4.40. The van der Waals surface area contributed by atoms with Crippen LogP contribution in [-0.4, -0.2) is 37.6 Å². The van der Waals surface area contributed by atoms with Gasteiger partial charge in [0.05, 0.1) is 25.8 Å². The van der Waals surface area contributed by atoms with Gasteiger partial charge in [-0.2, -0.15) is 0 Å². The Hall–Kier alpha value is -2.61. The van der Waals surface area contributed by atoms with E-state index in [2.05, 4.69) is 15.6 Å². The average molecular weight is 444 g/mol. The van der Waals surface area contributed by atoms with E-state index in [0.717, 1.165) is 30.0 Å². The number of nitrogens with one attached hydrogen (secondary N) is 2. The van der Waals surface area contributed by atoms with Crippen LogP contribution in [0.4, 0.5) is 5.13 Å². The minimum absolute atomic E-state index is 0.0602. The number of carbonyl (C=O) groups excluding carboxylic acids is 2. The quantitative estimate of drug-likeness (QED) is 0.671. The Kier molecular flexibility index (Phi) is 6.75. The predicted octanol–water partition coefficient (Wildman–Crippen LogP) is 4.14. The van der Waals surface area contributed by atoms with Crippen LogP contribution in [0.3, 0.4) is 0 Å². The molecule has 166 valence electrons. The van der Waals surface area contributed by atoms with E-state index >= 15 is 0 Å². The summed E-state index contributed by atoms with van der Waals surface area (Å²) >= 11 is 1.45. The number of amides is 2. The Balaban J connectivity index is 1.40. The molecule has 0 bridgehead atoms. The fraction of sp³-hybridized carbons (Fsp3) is 0.522. The maximum absolute atomic E-state index is 12.8. The van der Waals surface area contributed by atoms with Crippen LogP contribution in [0.2, 0.25) is 0 Å². The second kappa shape index (κ2) is 9.68. The highest BCUT2D eigenvalue weighted by Gasteiger charge is 2.33. The number of nitrogens with zero attached hydrogens (tertiary/aromatic N) is 1. The van der Waals surface area contributed by atoms with Crippen LogP contribution in [0.25, 0.3) is 0 Å².